The Morgan fingerprint density at radius 1 is 1.39 bits per heavy atom. The summed E-state index contributed by atoms with van der Waals surface area (Å²) >= 11 is 0. The fourth-order valence-electron chi connectivity index (χ4n) is 1.85. The van der Waals surface area contributed by atoms with Crippen molar-refractivity contribution >= 4 is 5.97 Å². The molecular weight excluding hydrogens is 234 g/mol. The van der Waals surface area contributed by atoms with Crippen LogP contribution in [0.4, 0.5) is 0 Å². The van der Waals surface area contributed by atoms with Gasteiger partial charge in [0.15, 0.2) is 11.5 Å². The van der Waals surface area contributed by atoms with Gasteiger partial charge in [-0.3, -0.25) is 4.79 Å². The van der Waals surface area contributed by atoms with E-state index in [0.717, 1.165) is 17.1 Å². The van der Waals surface area contributed by atoms with Gasteiger partial charge in [-0.05, 0) is 24.1 Å². The zero-order valence-corrected chi connectivity index (χ0v) is 10.3. The lowest BCUT2D eigenvalue weighted by molar-refractivity contribution is -0.139. The highest BCUT2D eigenvalue weighted by Crippen LogP contribution is 2.30. The normalized spacial score (nSPS) is 15.2. The molecule has 2 N–H and O–H groups in total. The van der Waals surface area contributed by atoms with Crippen LogP contribution < -0.4 is 14.8 Å². The molecule has 0 radical (unpaired) electrons. The molecule has 2 rings (SSSR count). The molecule has 0 fully saturated rings. The Hall–Kier alpha value is -1.75. The number of carbonyl (C=O) groups is 1. The molecule has 0 saturated carbocycles. The summed E-state index contributed by atoms with van der Waals surface area (Å²) in [6.07, 6.45) is 0.555. The van der Waals surface area contributed by atoms with Crippen LogP contribution in [0.5, 0.6) is 11.5 Å². The number of hydrogen-bond donors (Lipinski definition) is 2. The standard InChI is InChI=1S/C13H17NO4/c1-2-10(13(15)16)14-8-9-3-4-11-12(7-9)18-6-5-17-11/h3-4,7,10,14H,2,5-6,8H2,1H3,(H,15,16). The molecule has 1 unspecified atom stereocenters. The number of fused-ring (bicyclic) bond motifs is 1. The fourth-order valence-corrected chi connectivity index (χ4v) is 1.85. The van der Waals surface area contributed by atoms with Crippen molar-refractivity contribution in [1.29, 1.82) is 0 Å². The van der Waals surface area contributed by atoms with Gasteiger partial charge in [0.25, 0.3) is 0 Å². The van der Waals surface area contributed by atoms with Gasteiger partial charge in [-0.25, -0.2) is 0 Å². The van der Waals surface area contributed by atoms with E-state index in [1.165, 1.54) is 0 Å². The molecule has 1 heterocycles. The second-order valence-electron chi connectivity index (χ2n) is 4.16. The molecule has 0 spiro atoms. The first-order valence-electron chi connectivity index (χ1n) is 6.05. The van der Waals surface area contributed by atoms with E-state index in [-0.39, 0.29) is 0 Å². The van der Waals surface area contributed by atoms with Crippen LogP contribution in [0.1, 0.15) is 18.9 Å². The molecule has 0 aromatic heterocycles. The monoisotopic (exact) mass is 251 g/mol. The van der Waals surface area contributed by atoms with Crippen molar-refractivity contribution in [3.8, 4) is 11.5 Å². The van der Waals surface area contributed by atoms with E-state index in [4.69, 9.17) is 14.6 Å². The van der Waals surface area contributed by atoms with Crippen LogP contribution in [0.2, 0.25) is 0 Å². The van der Waals surface area contributed by atoms with E-state index in [1.807, 2.05) is 25.1 Å². The first-order chi connectivity index (χ1) is 8.70. The highest BCUT2D eigenvalue weighted by molar-refractivity contribution is 5.73. The molecule has 5 nitrogen and oxygen atoms in total. The van der Waals surface area contributed by atoms with E-state index in [0.29, 0.717) is 26.2 Å². The molecule has 98 valence electrons. The Bertz CT molecular complexity index is 433. The Kier molecular flexibility index (Phi) is 4.04. The Balaban J connectivity index is 1.99. The highest BCUT2D eigenvalue weighted by atomic mass is 16.6. The average Bonchev–Trinajstić information content (AvgIpc) is 2.39. The minimum absolute atomic E-state index is 0.501. The summed E-state index contributed by atoms with van der Waals surface area (Å²) in [5.41, 5.74) is 0.985. The molecule has 1 atom stereocenters. The van der Waals surface area contributed by atoms with Crippen molar-refractivity contribution in [2.75, 3.05) is 13.2 Å². The summed E-state index contributed by atoms with van der Waals surface area (Å²) < 4.78 is 10.9. The Morgan fingerprint density at radius 2 is 2.11 bits per heavy atom. The molecular formula is C13H17NO4. The summed E-state index contributed by atoms with van der Waals surface area (Å²) in [6, 6.07) is 5.14. The van der Waals surface area contributed by atoms with Crippen LogP contribution in [-0.4, -0.2) is 30.3 Å². The second-order valence-corrected chi connectivity index (χ2v) is 4.16. The zero-order valence-electron chi connectivity index (χ0n) is 10.3. The lowest BCUT2D eigenvalue weighted by atomic mass is 10.1. The quantitative estimate of drug-likeness (QED) is 0.828. The van der Waals surface area contributed by atoms with Crippen molar-refractivity contribution in [2.24, 2.45) is 0 Å². The summed E-state index contributed by atoms with van der Waals surface area (Å²) in [4.78, 5) is 10.9. The molecule has 1 aliphatic rings. The largest absolute Gasteiger partial charge is 0.486 e. The van der Waals surface area contributed by atoms with Gasteiger partial charge in [0.2, 0.25) is 0 Å². The van der Waals surface area contributed by atoms with E-state index in [1.54, 1.807) is 0 Å². The average molecular weight is 251 g/mol. The first kappa shape index (κ1) is 12.7. The third-order valence-corrected chi connectivity index (χ3v) is 2.87. The van der Waals surface area contributed by atoms with Gasteiger partial charge in [-0.2, -0.15) is 0 Å². The summed E-state index contributed by atoms with van der Waals surface area (Å²) in [6.45, 7) is 3.47. The second kappa shape index (κ2) is 5.73. The maximum absolute atomic E-state index is 10.9. The molecule has 1 aliphatic heterocycles. The first-order valence-corrected chi connectivity index (χ1v) is 6.05. The lowest BCUT2D eigenvalue weighted by Crippen LogP contribution is -2.35. The van der Waals surface area contributed by atoms with Crippen LogP contribution >= 0.6 is 0 Å². The number of carboxylic acid groups (broad SMARTS) is 1. The topological polar surface area (TPSA) is 67.8 Å². The van der Waals surface area contributed by atoms with E-state index in [9.17, 15) is 4.79 Å². The maximum Gasteiger partial charge on any atom is 0.320 e. The molecule has 18 heavy (non-hydrogen) atoms. The fraction of sp³-hybridized carbons (Fsp3) is 0.462. The Labute approximate surface area is 106 Å². The lowest BCUT2D eigenvalue weighted by Gasteiger charge is -2.19. The molecule has 1 aromatic rings. The third kappa shape index (κ3) is 2.92. The molecule has 5 heteroatoms. The van der Waals surface area contributed by atoms with Crippen LogP contribution in [-0.2, 0) is 11.3 Å². The van der Waals surface area contributed by atoms with Gasteiger partial charge in [-0.1, -0.05) is 13.0 Å². The third-order valence-electron chi connectivity index (χ3n) is 2.87. The molecule has 0 bridgehead atoms. The molecule has 0 amide bonds. The van der Waals surface area contributed by atoms with Gasteiger partial charge < -0.3 is 19.9 Å². The number of rotatable bonds is 5. The maximum atomic E-state index is 10.9. The number of nitrogens with one attached hydrogen (secondary N) is 1. The number of carboxylic acids is 1. The van der Waals surface area contributed by atoms with Crippen LogP contribution in [0, 0.1) is 0 Å². The SMILES string of the molecule is CCC(NCc1ccc2c(c1)OCCO2)C(=O)O. The van der Waals surface area contributed by atoms with Gasteiger partial charge >= 0.3 is 5.97 Å². The number of ether oxygens (including phenoxy) is 2. The summed E-state index contributed by atoms with van der Waals surface area (Å²) in [7, 11) is 0. The van der Waals surface area contributed by atoms with E-state index in [2.05, 4.69) is 5.32 Å². The molecule has 0 aliphatic carbocycles. The van der Waals surface area contributed by atoms with Crippen molar-refractivity contribution in [1.82, 2.24) is 5.32 Å². The van der Waals surface area contributed by atoms with Crippen LogP contribution in [0.15, 0.2) is 18.2 Å². The summed E-state index contributed by atoms with van der Waals surface area (Å²) in [5, 5.41) is 11.9. The molecule has 0 saturated heterocycles. The van der Waals surface area contributed by atoms with Crippen molar-refractivity contribution in [2.45, 2.75) is 25.9 Å². The van der Waals surface area contributed by atoms with Gasteiger partial charge in [0.05, 0.1) is 0 Å². The van der Waals surface area contributed by atoms with Crippen molar-refractivity contribution in [3.05, 3.63) is 23.8 Å². The van der Waals surface area contributed by atoms with Crippen molar-refractivity contribution in [3.63, 3.8) is 0 Å². The number of benzene rings is 1. The number of aliphatic carboxylic acids is 1. The smallest absolute Gasteiger partial charge is 0.320 e. The predicted octanol–water partition coefficient (Wildman–Crippen LogP) is 1.41. The minimum Gasteiger partial charge on any atom is -0.486 e. The van der Waals surface area contributed by atoms with Crippen molar-refractivity contribution < 1.29 is 19.4 Å². The van der Waals surface area contributed by atoms with E-state index >= 15 is 0 Å². The minimum atomic E-state index is -0.824. The van der Waals surface area contributed by atoms with Crippen LogP contribution in [0.25, 0.3) is 0 Å². The Morgan fingerprint density at radius 3 is 2.78 bits per heavy atom. The van der Waals surface area contributed by atoms with E-state index < -0.39 is 12.0 Å². The number of hydrogen-bond acceptors (Lipinski definition) is 4. The van der Waals surface area contributed by atoms with Gasteiger partial charge in [0, 0.05) is 6.54 Å². The highest BCUT2D eigenvalue weighted by Gasteiger charge is 2.15. The van der Waals surface area contributed by atoms with Gasteiger partial charge in [0.1, 0.15) is 19.3 Å². The predicted molar refractivity (Wildman–Crippen MR) is 66.0 cm³/mol. The van der Waals surface area contributed by atoms with Crippen LogP contribution in [0.3, 0.4) is 0 Å². The molecule has 1 aromatic carbocycles. The van der Waals surface area contributed by atoms with Gasteiger partial charge in [-0.15, -0.1) is 0 Å². The summed E-state index contributed by atoms with van der Waals surface area (Å²) in [5.74, 6) is 0.647. The zero-order chi connectivity index (χ0) is 13.0.